The lowest BCUT2D eigenvalue weighted by Gasteiger charge is -2.63. The number of nitro groups is 1. The third-order valence-corrected chi connectivity index (χ3v) is 24.4. The molecule has 2 aromatic carbocycles. The van der Waals surface area contributed by atoms with E-state index < -0.39 is 92.2 Å². The van der Waals surface area contributed by atoms with Crippen LogP contribution in [0.15, 0.2) is 64.3 Å². The molecule has 3 heterocycles. The van der Waals surface area contributed by atoms with Crippen LogP contribution in [-0.4, -0.2) is 89.5 Å². The van der Waals surface area contributed by atoms with Crippen molar-refractivity contribution < 1.29 is 56.9 Å². The van der Waals surface area contributed by atoms with Crippen LogP contribution in [-0.2, 0) is 29.5 Å². The number of aromatic amines is 1. The number of esters is 1. The van der Waals surface area contributed by atoms with E-state index in [0.717, 1.165) is 28.8 Å². The second-order valence-electron chi connectivity index (χ2n) is 16.2. The van der Waals surface area contributed by atoms with Crippen molar-refractivity contribution in [3.63, 3.8) is 0 Å². The topological polar surface area (TPSA) is 228 Å². The van der Waals surface area contributed by atoms with Crippen molar-refractivity contribution in [2.75, 3.05) is 6.61 Å². The van der Waals surface area contributed by atoms with Crippen molar-refractivity contribution in [3.05, 3.63) is 103 Å². The Labute approximate surface area is 341 Å². The Bertz CT molecular complexity index is 2130. The van der Waals surface area contributed by atoms with E-state index >= 15 is 4.39 Å². The summed E-state index contributed by atoms with van der Waals surface area (Å²) in [7, 11) is -6.86. The zero-order valence-corrected chi connectivity index (χ0v) is 36.4. The van der Waals surface area contributed by atoms with E-state index in [-0.39, 0.29) is 46.4 Å². The molecule has 2 saturated heterocycles. The predicted octanol–water partition coefficient (Wildman–Crippen LogP) is 5.56. The van der Waals surface area contributed by atoms with Gasteiger partial charge in [0.15, 0.2) is 17.8 Å². The molecule has 2 aliphatic heterocycles. The lowest BCUT2D eigenvalue weighted by atomic mass is 10.1. The van der Waals surface area contributed by atoms with Crippen LogP contribution in [0.2, 0.25) is 22.2 Å². The van der Waals surface area contributed by atoms with Gasteiger partial charge in [-0.3, -0.25) is 24.5 Å². The number of carbonyl (C=O) groups is 2. The fourth-order valence-electron chi connectivity index (χ4n) is 8.88. The minimum atomic E-state index is -3.63. The van der Waals surface area contributed by atoms with Crippen LogP contribution in [0.25, 0.3) is 0 Å². The number of nitrogens with one attached hydrogen (secondary N) is 1. The van der Waals surface area contributed by atoms with Gasteiger partial charge >= 0.3 is 17.8 Å². The molecule has 1 aromatic heterocycles. The van der Waals surface area contributed by atoms with Crippen LogP contribution in [0.1, 0.15) is 84.5 Å². The lowest BCUT2D eigenvalue weighted by molar-refractivity contribution is -0.384. The number of halogens is 1. The maximum atomic E-state index is 15.2. The SMILES string of the molecule is CC(OC(=O)c1ccc(OC(=O)OCCc2ccc([N+](=O)[O-])cc2)c(F)c1)O[C@H]1[C@H](n2ccc(=O)[nH]c2=O)O[C@@H]2C(O)[Si](C(C)C)(C(C)C)O[Si](C(C)C)(C(C)C)[C@@]21O. The molecule has 3 aromatic rings. The first-order valence-corrected chi connectivity index (χ1v) is 23.6. The summed E-state index contributed by atoms with van der Waals surface area (Å²) >= 11 is 0. The highest BCUT2D eigenvalue weighted by atomic mass is 28.4. The predicted molar refractivity (Wildman–Crippen MR) is 214 cm³/mol. The van der Waals surface area contributed by atoms with Gasteiger partial charge in [0.05, 0.1) is 17.1 Å². The quantitative estimate of drug-likeness (QED) is 0.0451. The Morgan fingerprint density at radius 2 is 1.61 bits per heavy atom. The molecular formula is C39H52FN3O14Si2. The third-order valence-electron chi connectivity index (χ3n) is 11.5. The van der Waals surface area contributed by atoms with Crippen molar-refractivity contribution in [1.29, 1.82) is 0 Å². The standard InChI is InChI=1S/C39H52FN3O14Si2/c1-21(2)58(22(3)4)36(46)33-39(49,59(57-58,23(5)6)24(7)8)32(34(56-33)42-18-16-31(44)41-37(42)47)53-25(9)54-35(45)27-12-15-30(29(40)20-27)55-38(48)52-19-17-26-10-13-28(14-11-26)43(50)51/h10-16,18,20-25,32-34,36,46,49H,17,19H2,1-9H3,(H,41,44,47)/t25?,32-,33+,34+,36?,39+/m0/s1. The van der Waals surface area contributed by atoms with Crippen LogP contribution in [0.5, 0.6) is 5.75 Å². The molecule has 5 rings (SSSR count). The molecule has 17 nitrogen and oxygen atoms in total. The molecule has 59 heavy (non-hydrogen) atoms. The Morgan fingerprint density at radius 1 is 0.983 bits per heavy atom. The van der Waals surface area contributed by atoms with E-state index in [9.17, 15) is 39.5 Å². The summed E-state index contributed by atoms with van der Waals surface area (Å²) in [4.78, 5) is 63.6. The number of non-ortho nitro benzene ring substituents is 1. The van der Waals surface area contributed by atoms with Crippen LogP contribution < -0.4 is 16.0 Å². The van der Waals surface area contributed by atoms with Gasteiger partial charge in [-0.25, -0.2) is 18.8 Å². The molecule has 0 saturated carbocycles. The van der Waals surface area contributed by atoms with Crippen LogP contribution in [0.3, 0.4) is 0 Å². The van der Waals surface area contributed by atoms with Gasteiger partial charge in [0.25, 0.3) is 11.2 Å². The highest BCUT2D eigenvalue weighted by Crippen LogP contribution is 2.60. The fraction of sp³-hybridized carbons (Fsp3) is 0.538. The zero-order valence-electron chi connectivity index (χ0n) is 34.4. The number of H-pyrrole nitrogens is 1. The largest absolute Gasteiger partial charge is 0.513 e. The number of fused-ring (bicyclic) bond motifs is 1. The number of benzene rings is 2. The number of rotatable bonds is 14. The van der Waals surface area contributed by atoms with E-state index in [0.29, 0.717) is 5.56 Å². The van der Waals surface area contributed by atoms with Crippen molar-refractivity contribution in [2.45, 2.75) is 127 Å². The molecule has 2 unspecified atom stereocenters. The number of hydrogen-bond donors (Lipinski definition) is 3. The number of aromatic nitrogens is 2. The maximum Gasteiger partial charge on any atom is 0.513 e. The highest BCUT2D eigenvalue weighted by Gasteiger charge is 2.80. The van der Waals surface area contributed by atoms with Crippen molar-refractivity contribution in [2.24, 2.45) is 0 Å². The smallest absolute Gasteiger partial charge is 0.451 e. The first-order chi connectivity index (χ1) is 27.6. The maximum absolute atomic E-state index is 15.2. The summed E-state index contributed by atoms with van der Waals surface area (Å²) < 4.78 is 52.1. The van der Waals surface area contributed by atoms with Gasteiger partial charge in [-0.05, 0) is 52.9 Å². The van der Waals surface area contributed by atoms with Crippen molar-refractivity contribution >= 4 is 34.4 Å². The average molecular weight is 862 g/mol. The Kier molecular flexibility index (Phi) is 13.5. The molecule has 20 heteroatoms. The first kappa shape index (κ1) is 45.5. The lowest BCUT2D eigenvalue weighted by Crippen LogP contribution is -2.85. The Morgan fingerprint density at radius 3 is 2.15 bits per heavy atom. The molecule has 0 spiro atoms. The summed E-state index contributed by atoms with van der Waals surface area (Å²) in [5.41, 5.74) is -3.41. The summed E-state index contributed by atoms with van der Waals surface area (Å²) in [5, 5.41) is 34.5. The molecule has 0 bridgehead atoms. The summed E-state index contributed by atoms with van der Waals surface area (Å²) in [5.74, 6) is -2.70. The van der Waals surface area contributed by atoms with Crippen LogP contribution >= 0.6 is 0 Å². The average Bonchev–Trinajstić information content (AvgIpc) is 3.44. The van der Waals surface area contributed by atoms with Crippen molar-refractivity contribution in [1.82, 2.24) is 9.55 Å². The van der Waals surface area contributed by atoms with E-state index in [4.69, 9.17) is 27.8 Å². The Hall–Kier alpha value is -4.58. The monoisotopic (exact) mass is 861 g/mol. The summed E-state index contributed by atoms with van der Waals surface area (Å²) in [6.07, 6.45) is -5.56. The third kappa shape index (κ3) is 8.31. The first-order valence-electron chi connectivity index (χ1n) is 19.4. The molecule has 2 aliphatic rings. The summed E-state index contributed by atoms with van der Waals surface area (Å²) in [6, 6.07) is 9.69. The number of nitrogens with zero attached hydrogens (tertiary/aromatic N) is 2. The van der Waals surface area contributed by atoms with E-state index in [2.05, 4.69) is 4.98 Å². The number of hydrogen-bond acceptors (Lipinski definition) is 14. The van der Waals surface area contributed by atoms with E-state index in [1.807, 2.05) is 55.4 Å². The molecule has 3 N–H and O–H groups in total. The van der Waals surface area contributed by atoms with Crippen LogP contribution in [0, 0.1) is 15.9 Å². The number of ether oxygens (including phenoxy) is 5. The second-order valence-corrected chi connectivity index (χ2v) is 26.3. The molecule has 6 atom stereocenters. The van der Waals surface area contributed by atoms with Gasteiger partial charge in [0.2, 0.25) is 22.9 Å². The van der Waals surface area contributed by atoms with Crippen molar-refractivity contribution in [3.8, 4) is 5.75 Å². The van der Waals surface area contributed by atoms with Gasteiger partial charge < -0.3 is 38.0 Å². The minimum absolute atomic E-state index is 0.0926. The number of aliphatic hydroxyl groups excluding tert-OH is 1. The van der Waals surface area contributed by atoms with Gasteiger partial charge in [0, 0.05) is 30.8 Å². The molecule has 0 radical (unpaired) electrons. The minimum Gasteiger partial charge on any atom is -0.451 e. The fourth-order valence-corrected chi connectivity index (χ4v) is 24.3. The van der Waals surface area contributed by atoms with Gasteiger partial charge in [-0.2, -0.15) is 0 Å². The molecule has 322 valence electrons. The van der Waals surface area contributed by atoms with Gasteiger partial charge in [-0.1, -0.05) is 67.5 Å². The molecular weight excluding hydrogens is 810 g/mol. The number of aliphatic hydroxyl groups is 2. The number of carbonyl (C=O) groups excluding carboxylic acids is 2. The highest BCUT2D eigenvalue weighted by molar-refractivity contribution is 6.93. The van der Waals surface area contributed by atoms with Gasteiger partial charge in [0.1, 0.15) is 23.2 Å². The van der Waals surface area contributed by atoms with E-state index in [1.54, 1.807) is 0 Å². The Balaban J connectivity index is 1.39. The normalized spacial score (nSPS) is 23.9. The molecule has 0 amide bonds. The second kappa shape index (κ2) is 17.6. The number of nitro benzene ring substituents is 1. The van der Waals surface area contributed by atoms with Gasteiger partial charge in [-0.15, -0.1) is 0 Å². The molecule has 2 fully saturated rings. The molecule has 0 aliphatic carbocycles. The summed E-state index contributed by atoms with van der Waals surface area (Å²) in [6.45, 7) is 16.8. The zero-order chi connectivity index (χ0) is 43.8. The van der Waals surface area contributed by atoms with Crippen LogP contribution in [0.4, 0.5) is 14.9 Å². The van der Waals surface area contributed by atoms with E-state index in [1.165, 1.54) is 37.4 Å².